The number of amides is 1. The minimum Gasteiger partial charge on any atom is -0.356 e. The first-order valence-electron chi connectivity index (χ1n) is 12.3. The topological polar surface area (TPSA) is 77.6 Å². The Morgan fingerprint density at radius 2 is 1.91 bits per heavy atom. The molecule has 4 bridgehead atoms. The molecule has 5 aliphatic rings. The number of carbonyl (C=O) groups is 1. The van der Waals surface area contributed by atoms with Gasteiger partial charge in [0.2, 0.25) is 10.6 Å². The molecule has 35 heavy (non-hydrogen) atoms. The van der Waals surface area contributed by atoms with Gasteiger partial charge in [0.15, 0.2) is 5.69 Å². The second-order valence-corrected chi connectivity index (χ2v) is 12.2. The fraction of sp³-hybridized carbons (Fsp3) is 0.739. The van der Waals surface area contributed by atoms with E-state index in [2.05, 4.69) is 36.4 Å². The van der Waals surface area contributed by atoms with Crippen LogP contribution in [0.3, 0.4) is 0 Å². The summed E-state index contributed by atoms with van der Waals surface area (Å²) in [5.74, 6) is 1.10. The zero-order valence-corrected chi connectivity index (χ0v) is 21.5. The molecule has 5 saturated carbocycles. The molecule has 12 heteroatoms. The SMILES string of the molecule is O=C(NCCCn1nc(C(F)(F)F)c(Cl)c1C1CC1)C12CC3CC(C1)CC(n1cnc(Br)n1)(C3)C2. The molecule has 7 rings (SSSR count). The number of nitrogens with zero attached hydrogens (tertiary/aromatic N) is 5. The van der Waals surface area contributed by atoms with Crippen LogP contribution in [0.15, 0.2) is 11.1 Å². The molecule has 0 aromatic carbocycles. The lowest BCUT2D eigenvalue weighted by Crippen LogP contribution is -2.61. The third-order valence-electron chi connectivity index (χ3n) is 8.46. The van der Waals surface area contributed by atoms with Gasteiger partial charge in [0.25, 0.3) is 0 Å². The van der Waals surface area contributed by atoms with Crippen molar-refractivity contribution in [3.8, 4) is 0 Å². The molecule has 190 valence electrons. The van der Waals surface area contributed by atoms with Gasteiger partial charge in [-0.1, -0.05) is 11.6 Å². The second kappa shape index (κ2) is 8.19. The molecule has 1 N–H and O–H groups in total. The summed E-state index contributed by atoms with van der Waals surface area (Å²) < 4.78 is 43.8. The highest BCUT2D eigenvalue weighted by Gasteiger charge is 2.61. The van der Waals surface area contributed by atoms with E-state index in [1.54, 1.807) is 6.33 Å². The van der Waals surface area contributed by atoms with Crippen LogP contribution in [0.1, 0.15) is 75.1 Å². The van der Waals surface area contributed by atoms with Crippen LogP contribution in [-0.2, 0) is 23.1 Å². The summed E-state index contributed by atoms with van der Waals surface area (Å²) in [6, 6.07) is 0. The van der Waals surface area contributed by atoms with Gasteiger partial charge in [-0.05, 0) is 85.6 Å². The molecule has 2 unspecified atom stereocenters. The zero-order chi connectivity index (χ0) is 24.6. The first-order valence-corrected chi connectivity index (χ1v) is 13.5. The summed E-state index contributed by atoms with van der Waals surface area (Å²) in [4.78, 5) is 17.8. The average Bonchev–Trinajstić information content (AvgIpc) is 3.40. The summed E-state index contributed by atoms with van der Waals surface area (Å²) in [6.07, 6.45) is 5.10. The Kier molecular flexibility index (Phi) is 5.56. The van der Waals surface area contributed by atoms with Crippen molar-refractivity contribution in [1.29, 1.82) is 0 Å². The molecule has 0 spiro atoms. The summed E-state index contributed by atoms with van der Waals surface area (Å²) in [6.45, 7) is 0.678. The van der Waals surface area contributed by atoms with Gasteiger partial charge in [0.05, 0.1) is 21.7 Å². The number of halogens is 5. The van der Waals surface area contributed by atoms with Crippen LogP contribution in [0.25, 0.3) is 0 Å². The molecule has 0 saturated heterocycles. The van der Waals surface area contributed by atoms with Gasteiger partial charge in [0.1, 0.15) is 6.33 Å². The number of rotatable bonds is 7. The molecule has 5 fully saturated rings. The average molecular weight is 576 g/mol. The van der Waals surface area contributed by atoms with E-state index in [0.717, 1.165) is 51.4 Å². The maximum Gasteiger partial charge on any atom is 0.436 e. The molecular weight excluding hydrogens is 549 g/mol. The number of nitrogens with one attached hydrogen (secondary N) is 1. The number of carbonyl (C=O) groups excluding carboxylic acids is 1. The molecule has 2 aromatic rings. The Morgan fingerprint density at radius 1 is 1.20 bits per heavy atom. The predicted octanol–water partition coefficient (Wildman–Crippen LogP) is 5.29. The van der Waals surface area contributed by atoms with E-state index >= 15 is 0 Å². The van der Waals surface area contributed by atoms with Gasteiger partial charge in [-0.3, -0.25) is 9.48 Å². The highest BCUT2D eigenvalue weighted by molar-refractivity contribution is 9.10. The van der Waals surface area contributed by atoms with E-state index in [1.807, 2.05) is 4.68 Å². The summed E-state index contributed by atoms with van der Waals surface area (Å²) in [7, 11) is 0. The van der Waals surface area contributed by atoms with Gasteiger partial charge >= 0.3 is 6.18 Å². The quantitative estimate of drug-likeness (QED) is 0.455. The Hall–Kier alpha value is -1.62. The van der Waals surface area contributed by atoms with Crippen molar-refractivity contribution >= 4 is 33.4 Å². The molecule has 0 aliphatic heterocycles. The lowest BCUT2D eigenvalue weighted by atomic mass is 9.46. The predicted molar refractivity (Wildman–Crippen MR) is 125 cm³/mol. The first kappa shape index (κ1) is 23.8. The van der Waals surface area contributed by atoms with Crippen molar-refractivity contribution in [3.63, 3.8) is 0 Å². The lowest BCUT2D eigenvalue weighted by molar-refractivity contribution is -0.156. The van der Waals surface area contributed by atoms with E-state index in [4.69, 9.17) is 11.6 Å². The molecule has 0 radical (unpaired) electrons. The number of hydrogen-bond donors (Lipinski definition) is 1. The standard InChI is InChI=1S/C23H27BrClF3N6O/c24-20-30-12-34(32-20)22-9-13-6-14(10-22)8-21(7-13,11-22)19(35)29-4-1-5-33-17(15-2-3-15)16(25)18(31-33)23(26,27)28/h12-15H,1-11H2,(H,29,35). The van der Waals surface area contributed by atoms with Crippen LogP contribution in [0, 0.1) is 17.3 Å². The van der Waals surface area contributed by atoms with Crippen molar-refractivity contribution < 1.29 is 18.0 Å². The van der Waals surface area contributed by atoms with Gasteiger partial charge in [0, 0.05) is 19.0 Å². The third-order valence-corrected chi connectivity index (χ3v) is 9.19. The smallest absolute Gasteiger partial charge is 0.356 e. The highest BCUT2D eigenvalue weighted by Crippen LogP contribution is 2.64. The molecule has 2 atom stereocenters. The van der Waals surface area contributed by atoms with Crippen molar-refractivity contribution in [3.05, 3.63) is 27.5 Å². The van der Waals surface area contributed by atoms with Gasteiger partial charge in [-0.15, -0.1) is 5.10 Å². The van der Waals surface area contributed by atoms with Crippen LogP contribution in [-0.4, -0.2) is 37.0 Å². The van der Waals surface area contributed by atoms with E-state index in [-0.39, 0.29) is 28.9 Å². The monoisotopic (exact) mass is 574 g/mol. The van der Waals surface area contributed by atoms with Crippen LogP contribution in [0.4, 0.5) is 13.2 Å². The molecule has 2 aromatic heterocycles. The Morgan fingerprint density at radius 3 is 2.51 bits per heavy atom. The Bertz CT molecular complexity index is 1140. The number of alkyl halides is 3. The molecule has 7 nitrogen and oxygen atoms in total. The van der Waals surface area contributed by atoms with Crippen LogP contribution in [0.2, 0.25) is 5.02 Å². The van der Waals surface area contributed by atoms with E-state index < -0.39 is 17.3 Å². The minimum absolute atomic E-state index is 0.0423. The fourth-order valence-corrected chi connectivity index (χ4v) is 8.05. The van der Waals surface area contributed by atoms with Gasteiger partial charge < -0.3 is 5.32 Å². The van der Waals surface area contributed by atoms with Crippen LogP contribution < -0.4 is 5.32 Å². The molecular formula is C23H27BrClF3N6O. The fourth-order valence-electron chi connectivity index (χ4n) is 7.39. The molecule has 1 amide bonds. The number of aromatic nitrogens is 5. The van der Waals surface area contributed by atoms with E-state index in [0.29, 0.717) is 35.2 Å². The largest absolute Gasteiger partial charge is 0.436 e. The lowest BCUT2D eigenvalue weighted by Gasteiger charge is -2.60. The normalized spacial score (nSPS) is 31.8. The number of hydrogen-bond acceptors (Lipinski definition) is 4. The summed E-state index contributed by atoms with van der Waals surface area (Å²) in [5.41, 5.74) is -1.12. The molecule has 5 aliphatic carbocycles. The highest BCUT2D eigenvalue weighted by atomic mass is 79.9. The minimum atomic E-state index is -4.58. The first-order chi connectivity index (χ1) is 16.6. The van der Waals surface area contributed by atoms with Crippen molar-refractivity contribution in [2.75, 3.05) is 6.54 Å². The van der Waals surface area contributed by atoms with Crippen molar-refractivity contribution in [1.82, 2.24) is 29.9 Å². The third kappa shape index (κ3) is 4.10. The van der Waals surface area contributed by atoms with Crippen LogP contribution in [0.5, 0.6) is 0 Å². The van der Waals surface area contributed by atoms with Crippen molar-refractivity contribution in [2.24, 2.45) is 17.3 Å². The van der Waals surface area contributed by atoms with E-state index in [1.165, 1.54) is 4.68 Å². The Labute approximate surface area is 214 Å². The second-order valence-electron chi connectivity index (χ2n) is 11.1. The Balaban J connectivity index is 1.13. The summed E-state index contributed by atoms with van der Waals surface area (Å²) in [5, 5.41) is 11.2. The maximum absolute atomic E-state index is 13.5. The maximum atomic E-state index is 13.5. The van der Waals surface area contributed by atoms with Gasteiger partial charge in [-0.25, -0.2) is 9.67 Å². The van der Waals surface area contributed by atoms with Gasteiger partial charge in [-0.2, -0.15) is 18.3 Å². The van der Waals surface area contributed by atoms with Crippen molar-refractivity contribution in [2.45, 2.75) is 82.0 Å². The van der Waals surface area contributed by atoms with Crippen LogP contribution >= 0.6 is 27.5 Å². The zero-order valence-electron chi connectivity index (χ0n) is 19.1. The summed E-state index contributed by atoms with van der Waals surface area (Å²) >= 11 is 9.42. The number of aryl methyl sites for hydroxylation is 1. The van der Waals surface area contributed by atoms with E-state index in [9.17, 15) is 18.0 Å². The molecule has 2 heterocycles.